The molecule has 128 valence electrons. The predicted octanol–water partition coefficient (Wildman–Crippen LogP) is 0.649. The molecule has 0 saturated heterocycles. The Morgan fingerprint density at radius 3 is 2.29 bits per heavy atom. The third-order valence-electron chi connectivity index (χ3n) is 3.26. The number of carboxylic acids is 1. The molecular formula is C16H16NO6S-. The number of benzene rings is 2. The fraction of sp³-hybridized carbons (Fsp3) is 0.188. The lowest BCUT2D eigenvalue weighted by molar-refractivity contribution is -0.303. The summed E-state index contributed by atoms with van der Waals surface area (Å²) in [5.74, 6) is -0.992. The minimum absolute atomic E-state index is 0.0453. The Bertz CT molecular complexity index is 820. The van der Waals surface area contributed by atoms with Gasteiger partial charge in [-0.1, -0.05) is 18.2 Å². The molecule has 24 heavy (non-hydrogen) atoms. The molecule has 0 aliphatic heterocycles. The highest BCUT2D eigenvalue weighted by Crippen LogP contribution is 2.35. The number of carbonyl (C=O) groups is 1. The lowest BCUT2D eigenvalue weighted by Crippen LogP contribution is -2.41. The molecule has 2 aromatic carbocycles. The third-order valence-corrected chi connectivity index (χ3v) is 5.03. The van der Waals surface area contributed by atoms with Gasteiger partial charge >= 0.3 is 0 Å². The number of anilines is 1. The van der Waals surface area contributed by atoms with Crippen LogP contribution in [0.1, 0.15) is 0 Å². The normalized spacial score (nSPS) is 10.9. The number of hydrogen-bond donors (Lipinski definition) is 0. The van der Waals surface area contributed by atoms with E-state index in [-0.39, 0.29) is 16.3 Å². The van der Waals surface area contributed by atoms with Gasteiger partial charge in [0.2, 0.25) is 0 Å². The summed E-state index contributed by atoms with van der Waals surface area (Å²) in [4.78, 5) is 11.1. The molecule has 2 rings (SSSR count). The Hall–Kier alpha value is -2.74. The Morgan fingerprint density at radius 2 is 1.75 bits per heavy atom. The number of methoxy groups -OCH3 is 2. The summed E-state index contributed by atoms with van der Waals surface area (Å²) >= 11 is 0. The van der Waals surface area contributed by atoms with Crippen molar-refractivity contribution in [3.05, 3.63) is 48.5 Å². The summed E-state index contributed by atoms with van der Waals surface area (Å²) in [6.07, 6.45) is 0. The molecule has 0 spiro atoms. The molecule has 0 saturated carbocycles. The first kappa shape index (κ1) is 17.6. The largest absolute Gasteiger partial charge is 0.548 e. The van der Waals surface area contributed by atoms with Crippen molar-refractivity contribution < 1.29 is 27.8 Å². The Kier molecular flexibility index (Phi) is 5.30. The zero-order chi connectivity index (χ0) is 17.7. The van der Waals surface area contributed by atoms with Gasteiger partial charge in [0.25, 0.3) is 10.0 Å². The van der Waals surface area contributed by atoms with E-state index in [1.807, 2.05) is 0 Å². The molecule has 0 aliphatic carbocycles. The van der Waals surface area contributed by atoms with Crippen LogP contribution in [0.25, 0.3) is 0 Å². The van der Waals surface area contributed by atoms with Crippen LogP contribution in [0.2, 0.25) is 0 Å². The topological polar surface area (TPSA) is 96.0 Å². The second-order valence-electron chi connectivity index (χ2n) is 4.73. The number of rotatable bonds is 7. The van der Waals surface area contributed by atoms with Gasteiger partial charge in [0.15, 0.2) is 0 Å². The van der Waals surface area contributed by atoms with Crippen LogP contribution in [0.5, 0.6) is 11.5 Å². The number of carbonyl (C=O) groups excluding carboxylic acids is 1. The zero-order valence-corrected chi connectivity index (χ0v) is 13.9. The van der Waals surface area contributed by atoms with Crippen molar-refractivity contribution >= 4 is 21.7 Å². The summed E-state index contributed by atoms with van der Waals surface area (Å²) in [6.45, 7) is -0.860. The minimum Gasteiger partial charge on any atom is -0.548 e. The van der Waals surface area contributed by atoms with Crippen LogP contribution in [0.15, 0.2) is 53.4 Å². The molecule has 0 fully saturated rings. The number of aliphatic carboxylic acids is 1. The van der Waals surface area contributed by atoms with E-state index in [2.05, 4.69) is 0 Å². The molecule has 7 nitrogen and oxygen atoms in total. The van der Waals surface area contributed by atoms with E-state index in [0.717, 1.165) is 4.31 Å². The first-order valence-corrected chi connectivity index (χ1v) is 8.34. The van der Waals surface area contributed by atoms with Crippen LogP contribution in [-0.4, -0.2) is 35.2 Å². The summed E-state index contributed by atoms with van der Waals surface area (Å²) in [6, 6.07) is 12.0. The fourth-order valence-corrected chi connectivity index (χ4v) is 3.56. The van der Waals surface area contributed by atoms with E-state index in [1.54, 1.807) is 24.3 Å². The Balaban J connectivity index is 2.64. The monoisotopic (exact) mass is 350 g/mol. The molecule has 0 aromatic heterocycles. The van der Waals surface area contributed by atoms with Gasteiger partial charge in [0, 0.05) is 6.07 Å². The second-order valence-corrected chi connectivity index (χ2v) is 6.60. The molecule has 8 heteroatoms. The SMILES string of the molecule is COc1ccc(OC)c(N(CC(=O)[O-])S(=O)(=O)c2ccccc2)c1. The number of nitrogens with zero attached hydrogens (tertiary/aromatic N) is 1. The highest BCUT2D eigenvalue weighted by atomic mass is 32.2. The number of sulfonamides is 1. The van der Waals surface area contributed by atoms with Crippen LogP contribution < -0.4 is 18.9 Å². The van der Waals surface area contributed by atoms with Crippen LogP contribution in [0, 0.1) is 0 Å². The highest BCUT2D eigenvalue weighted by molar-refractivity contribution is 7.92. The smallest absolute Gasteiger partial charge is 0.264 e. The van der Waals surface area contributed by atoms with E-state index in [4.69, 9.17) is 9.47 Å². The second kappa shape index (κ2) is 7.22. The van der Waals surface area contributed by atoms with E-state index in [1.165, 1.54) is 38.5 Å². The molecule has 2 aromatic rings. The van der Waals surface area contributed by atoms with Crippen molar-refractivity contribution in [1.29, 1.82) is 0 Å². The lowest BCUT2D eigenvalue weighted by atomic mass is 10.2. The van der Waals surface area contributed by atoms with E-state index >= 15 is 0 Å². The minimum atomic E-state index is -4.13. The first-order chi connectivity index (χ1) is 11.4. The van der Waals surface area contributed by atoms with Crippen LogP contribution in [0.3, 0.4) is 0 Å². The number of ether oxygens (including phenoxy) is 2. The molecule has 0 bridgehead atoms. The van der Waals surface area contributed by atoms with Gasteiger partial charge in [-0.25, -0.2) is 8.42 Å². The van der Waals surface area contributed by atoms with Crippen molar-refractivity contribution in [3.63, 3.8) is 0 Å². The summed E-state index contributed by atoms with van der Waals surface area (Å²) < 4.78 is 36.7. The summed E-state index contributed by atoms with van der Waals surface area (Å²) in [7, 11) is -1.35. The Labute approximate surface area is 140 Å². The van der Waals surface area contributed by atoms with Crippen LogP contribution in [0.4, 0.5) is 5.69 Å². The van der Waals surface area contributed by atoms with Gasteiger partial charge in [0.05, 0.1) is 37.3 Å². The van der Waals surface area contributed by atoms with Gasteiger partial charge in [-0.3, -0.25) is 4.31 Å². The van der Waals surface area contributed by atoms with Crippen molar-refractivity contribution in [2.24, 2.45) is 0 Å². The standard InChI is InChI=1S/C16H17NO6S/c1-22-12-8-9-15(23-2)14(10-12)17(11-16(18)19)24(20,21)13-6-4-3-5-7-13/h3-10H,11H2,1-2H3,(H,18,19)/p-1. The highest BCUT2D eigenvalue weighted by Gasteiger charge is 2.27. The van der Waals surface area contributed by atoms with E-state index in [0.29, 0.717) is 5.75 Å². The van der Waals surface area contributed by atoms with Crippen molar-refractivity contribution in [3.8, 4) is 11.5 Å². The quantitative estimate of drug-likeness (QED) is 0.727. The maximum Gasteiger partial charge on any atom is 0.264 e. The lowest BCUT2D eigenvalue weighted by Gasteiger charge is -2.26. The summed E-state index contributed by atoms with van der Waals surface area (Å²) in [5.41, 5.74) is 0.0462. The molecule has 0 atom stereocenters. The number of hydrogen-bond acceptors (Lipinski definition) is 6. The maximum atomic E-state index is 12.9. The van der Waals surface area contributed by atoms with Crippen molar-refractivity contribution in [2.75, 3.05) is 25.1 Å². The summed E-state index contributed by atoms with van der Waals surface area (Å²) in [5, 5.41) is 11.1. The Morgan fingerprint density at radius 1 is 1.08 bits per heavy atom. The van der Waals surface area contributed by atoms with Gasteiger partial charge in [-0.2, -0.15) is 0 Å². The molecule has 0 amide bonds. The number of carboxylic acid groups (broad SMARTS) is 1. The molecule has 0 radical (unpaired) electrons. The molecule has 0 heterocycles. The van der Waals surface area contributed by atoms with Gasteiger partial charge < -0.3 is 19.4 Å². The fourth-order valence-electron chi connectivity index (χ4n) is 2.13. The van der Waals surface area contributed by atoms with Crippen molar-refractivity contribution in [2.45, 2.75) is 4.90 Å². The first-order valence-electron chi connectivity index (χ1n) is 6.90. The van der Waals surface area contributed by atoms with Gasteiger partial charge in [-0.15, -0.1) is 0 Å². The van der Waals surface area contributed by atoms with E-state index in [9.17, 15) is 18.3 Å². The van der Waals surface area contributed by atoms with Gasteiger partial charge in [0.1, 0.15) is 11.5 Å². The molecule has 0 unspecified atom stereocenters. The maximum absolute atomic E-state index is 12.9. The van der Waals surface area contributed by atoms with Crippen molar-refractivity contribution in [1.82, 2.24) is 0 Å². The average molecular weight is 350 g/mol. The predicted molar refractivity (Wildman–Crippen MR) is 85.5 cm³/mol. The van der Waals surface area contributed by atoms with E-state index < -0.39 is 22.5 Å². The average Bonchev–Trinajstić information content (AvgIpc) is 2.59. The zero-order valence-electron chi connectivity index (χ0n) is 13.1. The molecular weight excluding hydrogens is 334 g/mol. The molecule has 0 aliphatic rings. The van der Waals surface area contributed by atoms with Gasteiger partial charge in [-0.05, 0) is 24.3 Å². The third kappa shape index (κ3) is 3.60. The molecule has 0 N–H and O–H groups in total. The van der Waals surface area contributed by atoms with Crippen LogP contribution in [-0.2, 0) is 14.8 Å². The van der Waals surface area contributed by atoms with Crippen LogP contribution >= 0.6 is 0 Å².